The Kier molecular flexibility index (Phi) is 3.41. The summed E-state index contributed by atoms with van der Waals surface area (Å²) in [7, 11) is 0. The van der Waals surface area contributed by atoms with Crippen molar-refractivity contribution < 1.29 is 22.7 Å². The van der Waals surface area contributed by atoms with E-state index in [1.807, 2.05) is 0 Å². The van der Waals surface area contributed by atoms with Crippen molar-refractivity contribution in [1.82, 2.24) is 0 Å². The molecule has 0 fully saturated rings. The fourth-order valence-corrected chi connectivity index (χ4v) is 2.25. The molecule has 1 heterocycles. The van der Waals surface area contributed by atoms with Crippen molar-refractivity contribution in [3.05, 3.63) is 66.2 Å². The highest BCUT2D eigenvalue weighted by atomic mass is 19.4. The minimum absolute atomic E-state index is 0.00695. The van der Waals surface area contributed by atoms with Gasteiger partial charge in [-0.15, -0.1) is 0 Å². The van der Waals surface area contributed by atoms with Crippen LogP contribution < -0.4 is 0 Å². The highest BCUT2D eigenvalue weighted by Crippen LogP contribution is 2.39. The molecule has 0 atom stereocenters. The Hall–Kier alpha value is -2.69. The van der Waals surface area contributed by atoms with Crippen LogP contribution in [0.4, 0.5) is 13.2 Å². The lowest BCUT2D eigenvalue weighted by molar-refractivity contribution is -0.137. The van der Waals surface area contributed by atoms with E-state index < -0.39 is 11.7 Å². The number of phenols is 1. The number of benzene rings is 2. The first kappa shape index (κ1) is 14.3. The van der Waals surface area contributed by atoms with Gasteiger partial charge in [-0.1, -0.05) is 30.3 Å². The standard InChI is InChI=1S/C17H11F3O2/c18-17(19,20)13-7-3-1-5-11(13)15-9-10-16(22-15)12-6-2-4-8-14(12)21/h1-10,21H. The minimum Gasteiger partial charge on any atom is -0.507 e. The molecule has 0 bridgehead atoms. The zero-order valence-corrected chi connectivity index (χ0v) is 11.3. The van der Waals surface area contributed by atoms with Crippen LogP contribution in [-0.2, 0) is 6.18 Å². The van der Waals surface area contributed by atoms with Gasteiger partial charge in [0, 0.05) is 5.56 Å². The topological polar surface area (TPSA) is 33.4 Å². The third kappa shape index (κ3) is 2.57. The van der Waals surface area contributed by atoms with Gasteiger partial charge in [-0.2, -0.15) is 13.2 Å². The van der Waals surface area contributed by atoms with E-state index in [1.54, 1.807) is 18.2 Å². The van der Waals surface area contributed by atoms with Crippen molar-refractivity contribution in [2.24, 2.45) is 0 Å². The van der Waals surface area contributed by atoms with Crippen molar-refractivity contribution in [2.45, 2.75) is 6.18 Å². The van der Waals surface area contributed by atoms with Crippen LogP contribution >= 0.6 is 0 Å². The number of para-hydroxylation sites is 1. The van der Waals surface area contributed by atoms with Gasteiger partial charge < -0.3 is 9.52 Å². The molecule has 22 heavy (non-hydrogen) atoms. The molecule has 0 saturated heterocycles. The van der Waals surface area contributed by atoms with Gasteiger partial charge in [-0.25, -0.2) is 0 Å². The van der Waals surface area contributed by atoms with E-state index in [9.17, 15) is 18.3 Å². The van der Waals surface area contributed by atoms with Crippen molar-refractivity contribution in [2.75, 3.05) is 0 Å². The zero-order valence-electron chi connectivity index (χ0n) is 11.3. The average molecular weight is 304 g/mol. The lowest BCUT2D eigenvalue weighted by atomic mass is 10.1. The van der Waals surface area contributed by atoms with Gasteiger partial charge in [0.15, 0.2) is 0 Å². The minimum atomic E-state index is -4.46. The quantitative estimate of drug-likeness (QED) is 0.693. The van der Waals surface area contributed by atoms with Crippen LogP contribution in [0.25, 0.3) is 22.6 Å². The number of phenolic OH excluding ortho intramolecular Hbond substituents is 1. The van der Waals surface area contributed by atoms with Gasteiger partial charge in [0.05, 0.1) is 11.1 Å². The third-order valence-electron chi connectivity index (χ3n) is 3.27. The molecule has 0 aliphatic carbocycles. The first-order chi connectivity index (χ1) is 10.5. The summed E-state index contributed by atoms with van der Waals surface area (Å²) >= 11 is 0. The van der Waals surface area contributed by atoms with Gasteiger partial charge in [0.25, 0.3) is 0 Å². The monoisotopic (exact) mass is 304 g/mol. The van der Waals surface area contributed by atoms with Crippen LogP contribution in [0.3, 0.4) is 0 Å². The Balaban J connectivity index is 2.08. The summed E-state index contributed by atoms with van der Waals surface area (Å²) in [5.41, 5.74) is -0.358. The molecule has 3 rings (SSSR count). The largest absolute Gasteiger partial charge is 0.507 e. The maximum absolute atomic E-state index is 13.0. The number of alkyl halides is 3. The second kappa shape index (κ2) is 5.26. The number of hydrogen-bond donors (Lipinski definition) is 1. The first-order valence-corrected chi connectivity index (χ1v) is 6.51. The molecule has 1 aromatic heterocycles. The van der Waals surface area contributed by atoms with E-state index in [-0.39, 0.29) is 17.1 Å². The fraction of sp³-hybridized carbons (Fsp3) is 0.0588. The van der Waals surface area contributed by atoms with E-state index in [0.29, 0.717) is 11.3 Å². The van der Waals surface area contributed by atoms with Gasteiger partial charge in [-0.05, 0) is 30.3 Å². The number of aromatic hydroxyl groups is 1. The van der Waals surface area contributed by atoms with Crippen molar-refractivity contribution in [1.29, 1.82) is 0 Å². The highest BCUT2D eigenvalue weighted by molar-refractivity contribution is 5.70. The van der Waals surface area contributed by atoms with E-state index in [0.717, 1.165) is 6.07 Å². The second-order valence-electron chi connectivity index (χ2n) is 4.72. The van der Waals surface area contributed by atoms with Gasteiger partial charge >= 0.3 is 6.18 Å². The summed E-state index contributed by atoms with van der Waals surface area (Å²) in [5, 5.41) is 9.79. The van der Waals surface area contributed by atoms with E-state index >= 15 is 0 Å². The van der Waals surface area contributed by atoms with E-state index in [1.165, 1.54) is 36.4 Å². The molecule has 1 N–H and O–H groups in total. The summed E-state index contributed by atoms with van der Waals surface area (Å²) in [6.45, 7) is 0. The second-order valence-corrected chi connectivity index (χ2v) is 4.72. The predicted octanol–water partition coefficient (Wildman–Crippen LogP) is 5.34. The van der Waals surface area contributed by atoms with E-state index in [4.69, 9.17) is 4.42 Å². The van der Waals surface area contributed by atoms with Gasteiger partial charge in [-0.3, -0.25) is 0 Å². The number of rotatable bonds is 2. The lowest BCUT2D eigenvalue weighted by Crippen LogP contribution is -2.06. The van der Waals surface area contributed by atoms with Crippen LogP contribution in [0, 0.1) is 0 Å². The smallest absolute Gasteiger partial charge is 0.417 e. The lowest BCUT2D eigenvalue weighted by Gasteiger charge is -2.10. The molecule has 0 spiro atoms. The van der Waals surface area contributed by atoms with Crippen molar-refractivity contribution >= 4 is 0 Å². The van der Waals surface area contributed by atoms with Crippen LogP contribution in [-0.4, -0.2) is 5.11 Å². The summed E-state index contributed by atoms with van der Waals surface area (Å²) in [6, 6.07) is 14.7. The van der Waals surface area contributed by atoms with Crippen molar-refractivity contribution in [3.8, 4) is 28.4 Å². The number of halogens is 3. The van der Waals surface area contributed by atoms with Crippen LogP contribution in [0.5, 0.6) is 5.75 Å². The van der Waals surface area contributed by atoms with Crippen LogP contribution in [0.2, 0.25) is 0 Å². The molecule has 0 aliphatic heterocycles. The SMILES string of the molecule is Oc1ccccc1-c1ccc(-c2ccccc2C(F)(F)F)o1. The number of furan rings is 1. The summed E-state index contributed by atoms with van der Waals surface area (Å²) in [5.74, 6) is 0.420. The van der Waals surface area contributed by atoms with Gasteiger partial charge in [0.1, 0.15) is 17.3 Å². The Morgan fingerprint density at radius 3 is 1.91 bits per heavy atom. The van der Waals surface area contributed by atoms with E-state index in [2.05, 4.69) is 0 Å². The van der Waals surface area contributed by atoms with Crippen LogP contribution in [0.1, 0.15) is 5.56 Å². The molecule has 0 radical (unpaired) electrons. The Morgan fingerprint density at radius 2 is 1.27 bits per heavy atom. The molecule has 0 saturated carbocycles. The Labute approximate surface area is 124 Å². The molecule has 5 heteroatoms. The average Bonchev–Trinajstić information content (AvgIpc) is 2.96. The molecule has 112 valence electrons. The summed E-state index contributed by atoms with van der Waals surface area (Å²) < 4.78 is 44.7. The van der Waals surface area contributed by atoms with Crippen LogP contribution in [0.15, 0.2) is 65.1 Å². The fourth-order valence-electron chi connectivity index (χ4n) is 2.25. The Bertz CT molecular complexity index is 803. The molecular formula is C17H11F3O2. The summed E-state index contributed by atoms with van der Waals surface area (Å²) in [6.07, 6.45) is -4.46. The zero-order chi connectivity index (χ0) is 15.7. The molecule has 3 aromatic rings. The maximum atomic E-state index is 13.0. The molecule has 0 unspecified atom stereocenters. The molecule has 2 nitrogen and oxygen atoms in total. The molecule has 0 aliphatic rings. The normalized spacial score (nSPS) is 11.6. The highest BCUT2D eigenvalue weighted by Gasteiger charge is 2.34. The maximum Gasteiger partial charge on any atom is 0.417 e. The Morgan fingerprint density at radius 1 is 0.727 bits per heavy atom. The predicted molar refractivity (Wildman–Crippen MR) is 76.2 cm³/mol. The molecule has 0 amide bonds. The summed E-state index contributed by atoms with van der Waals surface area (Å²) in [4.78, 5) is 0. The van der Waals surface area contributed by atoms with Crippen molar-refractivity contribution in [3.63, 3.8) is 0 Å². The third-order valence-corrected chi connectivity index (χ3v) is 3.27. The molecular weight excluding hydrogens is 293 g/mol. The molecule has 2 aromatic carbocycles. The first-order valence-electron chi connectivity index (χ1n) is 6.51. The van der Waals surface area contributed by atoms with Gasteiger partial charge in [0.2, 0.25) is 0 Å². The number of hydrogen-bond acceptors (Lipinski definition) is 2.